The summed E-state index contributed by atoms with van der Waals surface area (Å²) in [5.74, 6) is 0.707. The van der Waals surface area contributed by atoms with Gasteiger partial charge < -0.3 is 10.2 Å². The number of nitrogens with one attached hydrogen (secondary N) is 1. The van der Waals surface area contributed by atoms with E-state index in [-0.39, 0.29) is 5.91 Å². The Morgan fingerprint density at radius 3 is 2.55 bits per heavy atom. The predicted molar refractivity (Wildman–Crippen MR) is 92.1 cm³/mol. The van der Waals surface area contributed by atoms with Crippen molar-refractivity contribution in [3.8, 4) is 0 Å². The highest BCUT2D eigenvalue weighted by Crippen LogP contribution is 2.29. The second-order valence-corrected chi connectivity index (χ2v) is 7.21. The molecule has 3 aliphatic rings. The van der Waals surface area contributed by atoms with Gasteiger partial charge in [0.15, 0.2) is 0 Å². The summed E-state index contributed by atoms with van der Waals surface area (Å²) >= 11 is 3.57. The Bertz CT molecular complexity index is 722. The zero-order chi connectivity index (χ0) is 15.1. The third-order valence-electron chi connectivity index (χ3n) is 5.09. The lowest BCUT2D eigenvalue weighted by Gasteiger charge is -2.44. The molecule has 22 heavy (non-hydrogen) atoms. The minimum Gasteiger partial charge on any atom is -0.348 e. The number of hydrogen-bond donors (Lipinski definition) is 1. The average molecular weight is 359 g/mol. The normalized spacial score (nSPS) is 27.0. The van der Waals surface area contributed by atoms with Crippen LogP contribution in [-0.4, -0.2) is 36.5 Å². The first kappa shape index (κ1) is 14.2. The highest BCUT2D eigenvalue weighted by Gasteiger charge is 2.35. The van der Waals surface area contributed by atoms with Crippen molar-refractivity contribution in [2.24, 2.45) is 5.92 Å². The molecule has 3 aliphatic heterocycles. The number of amides is 1. The van der Waals surface area contributed by atoms with Gasteiger partial charge in [-0.25, -0.2) is 0 Å². The van der Waals surface area contributed by atoms with Gasteiger partial charge >= 0.3 is 0 Å². The molecule has 2 aromatic rings. The van der Waals surface area contributed by atoms with Gasteiger partial charge in [-0.15, -0.1) is 0 Å². The molecule has 0 aliphatic carbocycles. The number of hydrogen-bond acceptors (Lipinski definition) is 2. The van der Waals surface area contributed by atoms with Crippen molar-refractivity contribution in [1.29, 1.82) is 0 Å². The number of benzene rings is 2. The van der Waals surface area contributed by atoms with Gasteiger partial charge in [0.1, 0.15) is 0 Å². The van der Waals surface area contributed by atoms with Gasteiger partial charge in [-0.1, -0.05) is 40.2 Å². The molecule has 114 valence electrons. The highest BCUT2D eigenvalue weighted by molar-refractivity contribution is 9.10. The molecule has 0 spiro atoms. The Kier molecular flexibility index (Phi) is 3.66. The highest BCUT2D eigenvalue weighted by atomic mass is 79.9. The van der Waals surface area contributed by atoms with Crippen LogP contribution in [0, 0.1) is 5.92 Å². The second-order valence-electron chi connectivity index (χ2n) is 6.36. The topological polar surface area (TPSA) is 32.3 Å². The van der Waals surface area contributed by atoms with Crippen LogP contribution < -0.4 is 5.32 Å². The fourth-order valence-corrected chi connectivity index (χ4v) is 4.34. The van der Waals surface area contributed by atoms with Crippen molar-refractivity contribution in [3.63, 3.8) is 0 Å². The molecule has 3 nitrogen and oxygen atoms in total. The smallest absolute Gasteiger partial charge is 0.252 e. The fourth-order valence-electron chi connectivity index (χ4n) is 3.84. The molecule has 0 saturated carbocycles. The molecule has 1 N–H and O–H groups in total. The molecule has 1 unspecified atom stereocenters. The van der Waals surface area contributed by atoms with E-state index in [9.17, 15) is 4.79 Å². The van der Waals surface area contributed by atoms with Crippen LogP contribution in [0.2, 0.25) is 0 Å². The molecular formula is C18H19BrN2O. The lowest BCUT2D eigenvalue weighted by molar-refractivity contribution is 0.0621. The van der Waals surface area contributed by atoms with Gasteiger partial charge in [0.05, 0.1) is 0 Å². The molecular weight excluding hydrogens is 340 g/mol. The maximum atomic E-state index is 12.8. The molecule has 0 radical (unpaired) electrons. The first-order valence-corrected chi connectivity index (χ1v) is 8.72. The zero-order valence-electron chi connectivity index (χ0n) is 12.4. The molecule has 0 aromatic heterocycles. The molecule has 1 amide bonds. The van der Waals surface area contributed by atoms with Crippen LogP contribution in [0.5, 0.6) is 0 Å². The van der Waals surface area contributed by atoms with E-state index in [1.54, 1.807) is 0 Å². The number of fused-ring (bicyclic) bond motifs is 4. The molecule has 3 saturated heterocycles. The van der Waals surface area contributed by atoms with Crippen LogP contribution >= 0.6 is 15.9 Å². The lowest BCUT2D eigenvalue weighted by atomic mass is 9.84. The maximum Gasteiger partial charge on any atom is 0.252 e. The molecule has 2 bridgehead atoms. The predicted octanol–water partition coefficient (Wildman–Crippen LogP) is 3.43. The molecule has 4 heteroatoms. The number of carbonyl (C=O) groups excluding carboxylic acids is 1. The van der Waals surface area contributed by atoms with E-state index >= 15 is 0 Å². The Hall–Kier alpha value is -1.39. The van der Waals surface area contributed by atoms with Crippen molar-refractivity contribution >= 4 is 32.6 Å². The quantitative estimate of drug-likeness (QED) is 0.891. The number of carbonyl (C=O) groups is 1. The van der Waals surface area contributed by atoms with Crippen molar-refractivity contribution in [2.75, 3.05) is 19.6 Å². The number of piperidine rings is 3. The van der Waals surface area contributed by atoms with Crippen molar-refractivity contribution in [3.05, 3.63) is 46.4 Å². The van der Waals surface area contributed by atoms with Crippen molar-refractivity contribution < 1.29 is 4.79 Å². The molecule has 1 atom stereocenters. The van der Waals surface area contributed by atoms with Gasteiger partial charge in [0, 0.05) is 22.6 Å². The molecule has 2 aromatic carbocycles. The van der Waals surface area contributed by atoms with Crippen LogP contribution in [0.3, 0.4) is 0 Å². The van der Waals surface area contributed by atoms with E-state index in [1.807, 2.05) is 36.4 Å². The van der Waals surface area contributed by atoms with Crippen LogP contribution in [0.4, 0.5) is 0 Å². The van der Waals surface area contributed by atoms with Gasteiger partial charge in [0.2, 0.25) is 0 Å². The molecule has 3 fully saturated rings. The standard InChI is InChI=1S/C18H19BrN2O/c19-16-6-2-3-13-14(16)4-1-5-15(13)18(22)20-17-11-21-9-7-12(17)8-10-21/h1-6,12,17H,7-11H2,(H,20,22). The number of rotatable bonds is 2. The average Bonchev–Trinajstić information content (AvgIpc) is 2.56. The lowest BCUT2D eigenvalue weighted by Crippen LogP contribution is -2.57. The van der Waals surface area contributed by atoms with E-state index in [1.165, 1.54) is 25.9 Å². The Morgan fingerprint density at radius 1 is 1.09 bits per heavy atom. The van der Waals surface area contributed by atoms with Gasteiger partial charge in [0.25, 0.3) is 5.91 Å². The van der Waals surface area contributed by atoms with E-state index in [4.69, 9.17) is 0 Å². The minimum atomic E-state index is 0.0578. The summed E-state index contributed by atoms with van der Waals surface area (Å²) in [5, 5.41) is 5.38. The SMILES string of the molecule is O=C(NC1CN2CCC1CC2)c1cccc2c(Br)cccc12. The van der Waals surface area contributed by atoms with E-state index in [2.05, 4.69) is 26.1 Å². The summed E-state index contributed by atoms with van der Waals surface area (Å²) in [5.41, 5.74) is 0.773. The first-order valence-electron chi connectivity index (χ1n) is 7.93. The van der Waals surface area contributed by atoms with Gasteiger partial charge in [-0.05, 0) is 54.8 Å². The summed E-state index contributed by atoms with van der Waals surface area (Å²) in [6, 6.07) is 12.2. The summed E-state index contributed by atoms with van der Waals surface area (Å²) in [6.07, 6.45) is 2.43. The Labute approximate surface area is 138 Å². The maximum absolute atomic E-state index is 12.8. The summed E-state index contributed by atoms with van der Waals surface area (Å²) in [7, 11) is 0. The van der Waals surface area contributed by atoms with Gasteiger partial charge in [-0.2, -0.15) is 0 Å². The van der Waals surface area contributed by atoms with Crippen molar-refractivity contribution in [2.45, 2.75) is 18.9 Å². The van der Waals surface area contributed by atoms with Crippen molar-refractivity contribution in [1.82, 2.24) is 10.2 Å². The zero-order valence-corrected chi connectivity index (χ0v) is 14.0. The van der Waals surface area contributed by atoms with E-state index < -0.39 is 0 Å². The minimum absolute atomic E-state index is 0.0578. The van der Waals surface area contributed by atoms with Crippen LogP contribution in [-0.2, 0) is 0 Å². The third-order valence-corrected chi connectivity index (χ3v) is 5.78. The molecule has 3 heterocycles. The van der Waals surface area contributed by atoms with E-state index in [0.29, 0.717) is 12.0 Å². The number of halogens is 1. The largest absolute Gasteiger partial charge is 0.348 e. The summed E-state index contributed by atoms with van der Waals surface area (Å²) in [6.45, 7) is 3.39. The van der Waals surface area contributed by atoms with Crippen LogP contribution in [0.15, 0.2) is 40.9 Å². The Morgan fingerprint density at radius 2 is 1.82 bits per heavy atom. The fraction of sp³-hybridized carbons (Fsp3) is 0.389. The number of nitrogens with zero attached hydrogens (tertiary/aromatic N) is 1. The monoisotopic (exact) mass is 358 g/mol. The van der Waals surface area contributed by atoms with E-state index in [0.717, 1.165) is 27.4 Å². The van der Waals surface area contributed by atoms with Crippen LogP contribution in [0.25, 0.3) is 10.8 Å². The molecule has 5 rings (SSSR count). The van der Waals surface area contributed by atoms with Gasteiger partial charge in [-0.3, -0.25) is 4.79 Å². The third kappa shape index (κ3) is 2.44. The first-order chi connectivity index (χ1) is 10.7. The summed E-state index contributed by atoms with van der Waals surface area (Å²) < 4.78 is 1.03. The second kappa shape index (κ2) is 5.67. The van der Waals surface area contributed by atoms with Crippen LogP contribution in [0.1, 0.15) is 23.2 Å². The summed E-state index contributed by atoms with van der Waals surface area (Å²) in [4.78, 5) is 15.2. The Balaban J connectivity index is 1.62.